The van der Waals surface area contributed by atoms with E-state index in [0.29, 0.717) is 19.3 Å². The standard InChI is InChI=1S/C48H76O19/c1-20(2)21-10-15-48(43(61)67-41-36(58)32(54)30(52)24(19-50)63-41)17-16-46(6)22(28(21)48)8-9-26-45(5)13-12-27(44(3,4)25(45)11-14-47(26,46)7)64-42-38(34(56)33(55)37(65-42)39(59)60)66-40-35(57)31(53)29(51)23(18-49)62-40/h21-38,40-42,49-58H,1,8-19H2,2-7H3,(H,59,60)/t21-,22+,23+,24+,25-,26+,27-,28+,29+,30+,31-,32-,33-,34-,35+,36+,37-,38+,40-,41-,42+,45-,46+,47+,48-/m0/s1. The van der Waals surface area contributed by atoms with E-state index in [1.165, 1.54) is 0 Å². The number of aliphatic hydroxyl groups excluding tert-OH is 10. The van der Waals surface area contributed by atoms with Gasteiger partial charge < -0.3 is 84.6 Å². The zero-order valence-corrected chi connectivity index (χ0v) is 39.5. The minimum absolute atomic E-state index is 0.0430. The van der Waals surface area contributed by atoms with Gasteiger partial charge in [0.05, 0.1) is 24.7 Å². The van der Waals surface area contributed by atoms with Crippen molar-refractivity contribution in [2.75, 3.05) is 13.2 Å². The molecule has 0 amide bonds. The molecule has 8 aliphatic rings. The molecule has 8 rings (SSSR count). The highest BCUT2D eigenvalue weighted by Gasteiger charge is 2.73. The molecule has 0 aromatic heterocycles. The largest absolute Gasteiger partial charge is 0.479 e. The van der Waals surface area contributed by atoms with Crippen LogP contribution in [0.25, 0.3) is 0 Å². The lowest BCUT2D eigenvalue weighted by atomic mass is 9.32. The van der Waals surface area contributed by atoms with E-state index in [1.807, 2.05) is 6.92 Å². The van der Waals surface area contributed by atoms with Gasteiger partial charge in [0.1, 0.15) is 67.1 Å². The molecule has 8 fully saturated rings. The van der Waals surface area contributed by atoms with Gasteiger partial charge in [0.25, 0.3) is 0 Å². The number of allylic oxidation sites excluding steroid dienone is 1. The first-order valence-electron chi connectivity index (χ1n) is 24.4. The van der Waals surface area contributed by atoms with Crippen molar-refractivity contribution in [3.63, 3.8) is 0 Å². The van der Waals surface area contributed by atoms with Crippen LogP contribution in [0.15, 0.2) is 12.2 Å². The molecule has 0 unspecified atom stereocenters. The summed E-state index contributed by atoms with van der Waals surface area (Å²) in [5.74, 6) is -1.63. The van der Waals surface area contributed by atoms with Crippen molar-refractivity contribution < 1.29 is 94.2 Å². The monoisotopic (exact) mass is 956 g/mol. The van der Waals surface area contributed by atoms with Crippen LogP contribution in [0.4, 0.5) is 0 Å². The SMILES string of the molecule is C=C(C)[C@@H]1CC[C@]2(C(=O)O[C@@H]3O[C@H](CO)[C@@H](O)[C@H](O)[C@H]3O)CC[C@]3(C)[C@H](CC[C@@H]4[C@@]5(C)CC[C@H](O[C@@H]6O[C@H](C(=O)O)[C@@H](O)[C@H](O)[C@H]6O[C@@H]6O[C@H](CO)[C@@H](O)[C@H](O)[C@H]6O)C(C)(C)[C@@H]5CC[C@]43C)[C@@H]12. The van der Waals surface area contributed by atoms with Gasteiger partial charge in [-0.2, -0.15) is 0 Å². The van der Waals surface area contributed by atoms with E-state index in [-0.39, 0.29) is 45.8 Å². The number of carbonyl (C=O) groups is 2. The summed E-state index contributed by atoms with van der Waals surface area (Å²) in [6.45, 7) is 16.5. The van der Waals surface area contributed by atoms with Crippen molar-refractivity contribution in [1.82, 2.24) is 0 Å². The third kappa shape index (κ3) is 7.88. The Morgan fingerprint density at radius 2 is 1.22 bits per heavy atom. The highest BCUT2D eigenvalue weighted by Crippen LogP contribution is 2.78. The molecule has 25 atom stereocenters. The third-order valence-electron chi connectivity index (χ3n) is 19.7. The van der Waals surface area contributed by atoms with Crippen LogP contribution in [0.5, 0.6) is 0 Å². The van der Waals surface area contributed by atoms with Crippen LogP contribution in [0.2, 0.25) is 0 Å². The van der Waals surface area contributed by atoms with Crippen LogP contribution in [0.1, 0.15) is 106 Å². The van der Waals surface area contributed by atoms with Gasteiger partial charge >= 0.3 is 11.9 Å². The van der Waals surface area contributed by atoms with Crippen molar-refractivity contribution in [3.8, 4) is 0 Å². The average Bonchev–Trinajstić information content (AvgIpc) is 3.68. The zero-order valence-electron chi connectivity index (χ0n) is 39.5. The molecule has 0 aromatic rings. The number of esters is 1. The van der Waals surface area contributed by atoms with Crippen LogP contribution in [-0.4, -0.2) is 180 Å². The number of carboxylic acids is 1. The number of fused-ring (bicyclic) bond motifs is 7. The molecule has 0 aromatic carbocycles. The van der Waals surface area contributed by atoms with Gasteiger partial charge in [-0.25, -0.2) is 4.79 Å². The first kappa shape index (κ1) is 51.4. The number of carbonyl (C=O) groups excluding carboxylic acids is 1. The van der Waals surface area contributed by atoms with Crippen LogP contribution in [0.3, 0.4) is 0 Å². The molecule has 3 saturated heterocycles. The van der Waals surface area contributed by atoms with Crippen molar-refractivity contribution in [2.45, 2.75) is 204 Å². The van der Waals surface area contributed by atoms with Gasteiger partial charge in [-0.3, -0.25) is 4.79 Å². The van der Waals surface area contributed by atoms with Crippen LogP contribution >= 0.6 is 0 Å². The smallest absolute Gasteiger partial charge is 0.335 e. The predicted octanol–water partition coefficient (Wildman–Crippen LogP) is 0.0887. The lowest BCUT2D eigenvalue weighted by molar-refractivity contribution is -0.375. The topological polar surface area (TPSA) is 312 Å². The third-order valence-corrected chi connectivity index (χ3v) is 19.7. The number of aliphatic hydroxyl groups is 10. The van der Waals surface area contributed by atoms with Crippen molar-refractivity contribution in [1.29, 1.82) is 0 Å². The van der Waals surface area contributed by atoms with Crippen LogP contribution in [0, 0.1) is 56.7 Å². The molecular weight excluding hydrogens is 881 g/mol. The van der Waals surface area contributed by atoms with Gasteiger partial charge in [0.15, 0.2) is 18.7 Å². The number of hydrogen-bond donors (Lipinski definition) is 11. The Kier molecular flexibility index (Phi) is 14.0. The fourth-order valence-corrected chi connectivity index (χ4v) is 15.9. The molecule has 67 heavy (non-hydrogen) atoms. The van der Waals surface area contributed by atoms with Crippen molar-refractivity contribution in [2.24, 2.45) is 56.7 Å². The second-order valence-electron chi connectivity index (χ2n) is 23.0. The number of aliphatic carboxylic acids is 1. The second-order valence-corrected chi connectivity index (χ2v) is 23.0. The highest BCUT2D eigenvalue weighted by atomic mass is 16.8. The van der Waals surface area contributed by atoms with E-state index in [0.717, 1.165) is 50.5 Å². The molecule has 3 aliphatic heterocycles. The normalized spacial score (nSPS) is 53.9. The molecular formula is C48H76O19. The second kappa shape index (κ2) is 18.3. The van der Waals surface area contributed by atoms with Gasteiger partial charge in [0, 0.05) is 0 Å². The molecule has 5 aliphatic carbocycles. The van der Waals surface area contributed by atoms with Gasteiger partial charge in [-0.1, -0.05) is 46.8 Å². The van der Waals surface area contributed by atoms with Gasteiger partial charge in [-0.15, -0.1) is 0 Å². The van der Waals surface area contributed by atoms with E-state index < -0.39 is 134 Å². The summed E-state index contributed by atoms with van der Waals surface area (Å²) >= 11 is 0. The number of carboxylic acid groups (broad SMARTS) is 1. The van der Waals surface area contributed by atoms with Crippen molar-refractivity contribution in [3.05, 3.63) is 12.2 Å². The summed E-state index contributed by atoms with van der Waals surface area (Å²) in [4.78, 5) is 27.0. The summed E-state index contributed by atoms with van der Waals surface area (Å²) in [5.41, 5.74) is -1.02. The molecule has 382 valence electrons. The quantitative estimate of drug-likeness (QED) is 0.0785. The molecule has 3 heterocycles. The Hall–Kier alpha value is -1.92. The maximum atomic E-state index is 14.7. The first-order chi connectivity index (χ1) is 31.3. The van der Waals surface area contributed by atoms with E-state index in [2.05, 4.69) is 41.2 Å². The van der Waals surface area contributed by atoms with E-state index >= 15 is 0 Å². The van der Waals surface area contributed by atoms with E-state index in [9.17, 15) is 65.8 Å². The lowest BCUT2D eigenvalue weighted by Gasteiger charge is -2.73. The van der Waals surface area contributed by atoms with E-state index in [4.69, 9.17) is 28.4 Å². The average molecular weight is 957 g/mol. The lowest BCUT2D eigenvalue weighted by Crippen LogP contribution is -2.68. The molecule has 11 N–H and O–H groups in total. The van der Waals surface area contributed by atoms with Gasteiger partial charge in [-0.05, 0) is 122 Å². The summed E-state index contributed by atoms with van der Waals surface area (Å²) in [6.07, 6.45) is -18.4. The Bertz CT molecular complexity index is 1850. The minimum atomic E-state index is -1.98. The molecule has 19 heteroatoms. The van der Waals surface area contributed by atoms with E-state index in [1.54, 1.807) is 0 Å². The van der Waals surface area contributed by atoms with Crippen LogP contribution < -0.4 is 0 Å². The molecule has 19 nitrogen and oxygen atoms in total. The van der Waals surface area contributed by atoms with Crippen LogP contribution in [-0.2, 0) is 38.0 Å². The summed E-state index contributed by atoms with van der Waals surface area (Å²) in [6, 6.07) is 0. The summed E-state index contributed by atoms with van der Waals surface area (Å²) in [7, 11) is 0. The Balaban J connectivity index is 1.03. The fourth-order valence-electron chi connectivity index (χ4n) is 15.9. The van der Waals surface area contributed by atoms with Gasteiger partial charge in [0.2, 0.25) is 6.29 Å². The summed E-state index contributed by atoms with van der Waals surface area (Å²) < 4.78 is 35.7. The predicted molar refractivity (Wildman–Crippen MR) is 231 cm³/mol. The molecule has 0 bridgehead atoms. The van der Waals surface area contributed by atoms with Crippen molar-refractivity contribution >= 4 is 11.9 Å². The molecule has 5 saturated carbocycles. The minimum Gasteiger partial charge on any atom is -0.479 e. The molecule has 0 radical (unpaired) electrons. The Labute approximate surface area is 391 Å². The molecule has 0 spiro atoms. The maximum Gasteiger partial charge on any atom is 0.335 e. The Morgan fingerprint density at radius 3 is 1.82 bits per heavy atom. The highest BCUT2D eigenvalue weighted by molar-refractivity contribution is 5.78. The number of hydrogen-bond acceptors (Lipinski definition) is 18. The zero-order chi connectivity index (χ0) is 49.1. The summed E-state index contributed by atoms with van der Waals surface area (Å²) in [5, 5.41) is 115. The Morgan fingerprint density at radius 1 is 0.612 bits per heavy atom. The first-order valence-corrected chi connectivity index (χ1v) is 24.4. The number of rotatable bonds is 10. The fraction of sp³-hybridized carbons (Fsp3) is 0.917. The number of ether oxygens (including phenoxy) is 6. The maximum absolute atomic E-state index is 14.7.